The van der Waals surface area contributed by atoms with Gasteiger partial charge in [-0.05, 0) is 49.1 Å². The lowest BCUT2D eigenvalue weighted by Gasteiger charge is -2.24. The highest BCUT2D eigenvalue weighted by atomic mass is 19.1. The van der Waals surface area contributed by atoms with Gasteiger partial charge in [0.25, 0.3) is 0 Å². The van der Waals surface area contributed by atoms with Crippen LogP contribution >= 0.6 is 0 Å². The lowest BCUT2D eigenvalue weighted by Crippen LogP contribution is -2.36. The Morgan fingerprint density at radius 2 is 2.00 bits per heavy atom. The molecule has 1 nitrogen and oxygen atoms in total. The standard InChI is InChI=1S/C15H24FN/c1-5-11(3)15(17-6-2)10-13-7-8-14(16)9-12(13)4/h7-9,11,15,17H,5-6,10H2,1-4H3. The van der Waals surface area contributed by atoms with E-state index in [4.69, 9.17) is 0 Å². The summed E-state index contributed by atoms with van der Waals surface area (Å²) in [4.78, 5) is 0. The molecule has 1 N–H and O–H groups in total. The SMILES string of the molecule is CCNC(Cc1ccc(F)cc1C)C(C)CC. The summed E-state index contributed by atoms with van der Waals surface area (Å²) in [6.45, 7) is 9.58. The average molecular weight is 237 g/mol. The van der Waals surface area contributed by atoms with Crippen molar-refractivity contribution in [1.82, 2.24) is 5.32 Å². The number of aryl methyl sites for hydroxylation is 1. The van der Waals surface area contributed by atoms with Gasteiger partial charge in [0, 0.05) is 6.04 Å². The van der Waals surface area contributed by atoms with Gasteiger partial charge in [0.2, 0.25) is 0 Å². The minimum absolute atomic E-state index is 0.144. The summed E-state index contributed by atoms with van der Waals surface area (Å²) >= 11 is 0. The van der Waals surface area contributed by atoms with Crippen LogP contribution in [-0.4, -0.2) is 12.6 Å². The molecule has 0 aromatic heterocycles. The largest absolute Gasteiger partial charge is 0.314 e. The van der Waals surface area contributed by atoms with Crippen molar-refractivity contribution in [3.05, 3.63) is 35.1 Å². The molecule has 1 aromatic carbocycles. The number of nitrogens with one attached hydrogen (secondary N) is 1. The first kappa shape index (κ1) is 14.2. The van der Waals surface area contributed by atoms with E-state index < -0.39 is 0 Å². The van der Waals surface area contributed by atoms with Crippen molar-refractivity contribution < 1.29 is 4.39 Å². The first-order valence-corrected chi connectivity index (χ1v) is 6.56. The Hall–Kier alpha value is -0.890. The quantitative estimate of drug-likeness (QED) is 0.795. The number of likely N-dealkylation sites (N-methyl/N-ethyl adjacent to an activating group) is 1. The van der Waals surface area contributed by atoms with Crippen LogP contribution in [0, 0.1) is 18.7 Å². The highest BCUT2D eigenvalue weighted by molar-refractivity contribution is 5.27. The van der Waals surface area contributed by atoms with Crippen molar-refractivity contribution in [2.45, 2.75) is 46.6 Å². The maximum Gasteiger partial charge on any atom is 0.123 e. The van der Waals surface area contributed by atoms with E-state index in [1.165, 1.54) is 5.56 Å². The Kier molecular flexibility index (Phi) is 5.63. The molecule has 0 fully saturated rings. The van der Waals surface area contributed by atoms with E-state index in [-0.39, 0.29) is 5.82 Å². The molecular formula is C15H24FN. The number of rotatable bonds is 6. The summed E-state index contributed by atoms with van der Waals surface area (Å²) in [5.74, 6) is 0.495. The first-order valence-electron chi connectivity index (χ1n) is 6.56. The monoisotopic (exact) mass is 237 g/mol. The fourth-order valence-corrected chi connectivity index (χ4v) is 2.15. The van der Waals surface area contributed by atoms with Crippen LogP contribution in [0.15, 0.2) is 18.2 Å². The third-order valence-corrected chi connectivity index (χ3v) is 3.54. The predicted octanol–water partition coefficient (Wildman–Crippen LogP) is 3.70. The zero-order chi connectivity index (χ0) is 12.8. The van der Waals surface area contributed by atoms with Gasteiger partial charge in [-0.3, -0.25) is 0 Å². The lowest BCUT2D eigenvalue weighted by molar-refractivity contribution is 0.370. The van der Waals surface area contributed by atoms with Crippen LogP contribution in [0.5, 0.6) is 0 Å². The molecule has 2 unspecified atom stereocenters. The van der Waals surface area contributed by atoms with Gasteiger partial charge in [0.15, 0.2) is 0 Å². The molecule has 17 heavy (non-hydrogen) atoms. The first-order chi connectivity index (χ1) is 8.08. The van der Waals surface area contributed by atoms with Crippen LogP contribution in [0.25, 0.3) is 0 Å². The smallest absolute Gasteiger partial charge is 0.123 e. The van der Waals surface area contributed by atoms with E-state index in [0.29, 0.717) is 12.0 Å². The molecule has 0 spiro atoms. The van der Waals surface area contributed by atoms with Crippen LogP contribution in [0.3, 0.4) is 0 Å². The summed E-state index contributed by atoms with van der Waals surface area (Å²) in [5.41, 5.74) is 2.30. The molecule has 0 aliphatic heterocycles. The Morgan fingerprint density at radius 3 is 2.53 bits per heavy atom. The van der Waals surface area contributed by atoms with Crippen molar-refractivity contribution in [2.75, 3.05) is 6.54 Å². The molecule has 0 saturated heterocycles. The molecule has 96 valence electrons. The molecule has 2 heteroatoms. The van der Waals surface area contributed by atoms with Gasteiger partial charge in [0.1, 0.15) is 5.82 Å². The van der Waals surface area contributed by atoms with E-state index in [0.717, 1.165) is 24.9 Å². The number of hydrogen-bond donors (Lipinski definition) is 1. The molecule has 0 aliphatic carbocycles. The van der Waals surface area contributed by atoms with Gasteiger partial charge in [-0.1, -0.05) is 33.3 Å². The van der Waals surface area contributed by atoms with E-state index >= 15 is 0 Å². The van der Waals surface area contributed by atoms with Crippen molar-refractivity contribution in [3.8, 4) is 0 Å². The minimum atomic E-state index is -0.144. The summed E-state index contributed by atoms with van der Waals surface area (Å²) in [6.07, 6.45) is 2.15. The number of benzene rings is 1. The molecule has 0 bridgehead atoms. The Morgan fingerprint density at radius 1 is 1.29 bits per heavy atom. The molecule has 0 radical (unpaired) electrons. The van der Waals surface area contributed by atoms with Crippen LogP contribution in [-0.2, 0) is 6.42 Å². The Balaban J connectivity index is 2.78. The number of halogens is 1. The second-order valence-corrected chi connectivity index (χ2v) is 4.82. The summed E-state index contributed by atoms with van der Waals surface area (Å²) < 4.78 is 13.0. The van der Waals surface area contributed by atoms with E-state index in [9.17, 15) is 4.39 Å². The predicted molar refractivity (Wildman–Crippen MR) is 71.8 cm³/mol. The highest BCUT2D eigenvalue weighted by Crippen LogP contribution is 2.17. The second kappa shape index (κ2) is 6.75. The number of hydrogen-bond acceptors (Lipinski definition) is 1. The zero-order valence-corrected chi connectivity index (χ0v) is 11.4. The van der Waals surface area contributed by atoms with Crippen molar-refractivity contribution in [2.24, 2.45) is 5.92 Å². The summed E-state index contributed by atoms with van der Waals surface area (Å²) in [7, 11) is 0. The third-order valence-electron chi connectivity index (χ3n) is 3.54. The topological polar surface area (TPSA) is 12.0 Å². The van der Waals surface area contributed by atoms with Crippen molar-refractivity contribution in [3.63, 3.8) is 0 Å². The molecule has 2 atom stereocenters. The summed E-state index contributed by atoms with van der Waals surface area (Å²) in [6, 6.07) is 5.57. The molecular weight excluding hydrogens is 213 g/mol. The maximum atomic E-state index is 13.0. The van der Waals surface area contributed by atoms with E-state index in [2.05, 4.69) is 26.1 Å². The highest BCUT2D eigenvalue weighted by Gasteiger charge is 2.16. The Labute approximate surface area is 104 Å². The van der Waals surface area contributed by atoms with Crippen LogP contribution in [0.1, 0.15) is 38.3 Å². The van der Waals surface area contributed by atoms with Crippen LogP contribution in [0.2, 0.25) is 0 Å². The lowest BCUT2D eigenvalue weighted by atomic mass is 9.91. The Bertz CT molecular complexity index is 349. The zero-order valence-electron chi connectivity index (χ0n) is 11.4. The second-order valence-electron chi connectivity index (χ2n) is 4.82. The molecule has 1 aromatic rings. The fraction of sp³-hybridized carbons (Fsp3) is 0.600. The van der Waals surface area contributed by atoms with Crippen molar-refractivity contribution in [1.29, 1.82) is 0 Å². The van der Waals surface area contributed by atoms with Gasteiger partial charge < -0.3 is 5.32 Å². The summed E-state index contributed by atoms with van der Waals surface area (Å²) in [5, 5.41) is 3.53. The van der Waals surface area contributed by atoms with Crippen LogP contribution < -0.4 is 5.32 Å². The molecule has 0 saturated carbocycles. The molecule has 0 heterocycles. The van der Waals surface area contributed by atoms with Gasteiger partial charge in [-0.25, -0.2) is 4.39 Å². The van der Waals surface area contributed by atoms with Gasteiger partial charge in [0.05, 0.1) is 0 Å². The average Bonchev–Trinajstić information content (AvgIpc) is 2.30. The van der Waals surface area contributed by atoms with Gasteiger partial charge >= 0.3 is 0 Å². The van der Waals surface area contributed by atoms with Gasteiger partial charge in [-0.15, -0.1) is 0 Å². The molecule has 0 amide bonds. The maximum absolute atomic E-state index is 13.0. The van der Waals surface area contributed by atoms with Gasteiger partial charge in [-0.2, -0.15) is 0 Å². The molecule has 1 rings (SSSR count). The third kappa shape index (κ3) is 4.12. The van der Waals surface area contributed by atoms with E-state index in [1.807, 2.05) is 13.0 Å². The van der Waals surface area contributed by atoms with E-state index in [1.54, 1.807) is 12.1 Å². The van der Waals surface area contributed by atoms with Crippen molar-refractivity contribution >= 4 is 0 Å². The normalized spacial score (nSPS) is 14.6. The minimum Gasteiger partial charge on any atom is -0.314 e. The fourth-order valence-electron chi connectivity index (χ4n) is 2.15. The van der Waals surface area contributed by atoms with Crippen LogP contribution in [0.4, 0.5) is 4.39 Å². The molecule has 0 aliphatic rings.